The predicted molar refractivity (Wildman–Crippen MR) is 130 cm³/mol. The first kappa shape index (κ1) is 22.6. The zero-order valence-corrected chi connectivity index (χ0v) is 19.0. The van der Waals surface area contributed by atoms with Crippen LogP contribution in [-0.2, 0) is 0 Å². The second-order valence-corrected chi connectivity index (χ2v) is 8.46. The molecule has 0 radical (unpaired) electrons. The van der Waals surface area contributed by atoms with Gasteiger partial charge < -0.3 is 10.2 Å². The number of halogens is 1. The Balaban J connectivity index is 1.54. The standard InChI is InChI=1S/C26H28FN5O/c1-18-4-5-20(22-16-29-32(17-22)24-10-12-31(3)13-11-24)14-21(18)15-25(28-2)30-26(33)19-6-8-23(27)9-7-19/h4-9,14-17,24H,2,10-13H2,1,3H3,(H,30,33)/b25-15+. The average Bonchev–Trinajstić information content (AvgIpc) is 3.31. The maximum absolute atomic E-state index is 13.1. The number of hydrogen-bond donors (Lipinski definition) is 1. The number of benzene rings is 2. The molecule has 0 saturated carbocycles. The fourth-order valence-corrected chi connectivity index (χ4v) is 3.98. The topological polar surface area (TPSA) is 62.5 Å². The van der Waals surface area contributed by atoms with Crippen molar-refractivity contribution < 1.29 is 9.18 Å². The molecule has 0 aliphatic carbocycles. The van der Waals surface area contributed by atoms with Crippen LogP contribution in [0.25, 0.3) is 17.2 Å². The number of aryl methyl sites for hydroxylation is 1. The van der Waals surface area contributed by atoms with Gasteiger partial charge in [0.15, 0.2) is 0 Å². The van der Waals surface area contributed by atoms with Crippen LogP contribution in [0.5, 0.6) is 0 Å². The fraction of sp³-hybridized carbons (Fsp3) is 0.269. The molecule has 3 aromatic rings. The summed E-state index contributed by atoms with van der Waals surface area (Å²) in [5, 5.41) is 7.36. The minimum Gasteiger partial charge on any atom is -0.307 e. The number of hydrogen-bond acceptors (Lipinski definition) is 4. The van der Waals surface area contributed by atoms with Crippen LogP contribution in [0.3, 0.4) is 0 Å². The van der Waals surface area contributed by atoms with Crippen LogP contribution < -0.4 is 5.32 Å². The zero-order valence-electron chi connectivity index (χ0n) is 19.0. The first-order chi connectivity index (χ1) is 15.9. The summed E-state index contributed by atoms with van der Waals surface area (Å²) in [7, 11) is 2.15. The molecule has 2 aromatic carbocycles. The van der Waals surface area contributed by atoms with Gasteiger partial charge in [-0.15, -0.1) is 0 Å². The molecule has 4 rings (SSSR count). The summed E-state index contributed by atoms with van der Waals surface area (Å²) in [5.74, 6) is -0.441. The Labute approximate surface area is 193 Å². The molecule has 0 atom stereocenters. The number of carbonyl (C=O) groups excluding carboxylic acids is 1. The summed E-state index contributed by atoms with van der Waals surface area (Å²) in [6.07, 6.45) is 7.99. The molecule has 0 unspecified atom stereocenters. The van der Waals surface area contributed by atoms with Crippen LogP contribution >= 0.6 is 0 Å². The number of piperidine rings is 1. The third-order valence-electron chi connectivity index (χ3n) is 6.09. The van der Waals surface area contributed by atoms with E-state index in [0.29, 0.717) is 17.4 Å². The first-order valence-corrected chi connectivity index (χ1v) is 11.0. The molecule has 7 heteroatoms. The minimum atomic E-state index is -0.393. The van der Waals surface area contributed by atoms with Gasteiger partial charge >= 0.3 is 0 Å². The quantitative estimate of drug-likeness (QED) is 0.560. The molecule has 0 bridgehead atoms. The van der Waals surface area contributed by atoms with Crippen molar-refractivity contribution in [1.82, 2.24) is 20.0 Å². The number of amides is 1. The van der Waals surface area contributed by atoms with E-state index in [1.54, 1.807) is 6.08 Å². The molecule has 170 valence electrons. The van der Waals surface area contributed by atoms with E-state index in [1.807, 2.05) is 19.2 Å². The average molecular weight is 446 g/mol. The highest BCUT2D eigenvalue weighted by atomic mass is 19.1. The molecule has 1 aromatic heterocycles. The summed E-state index contributed by atoms with van der Waals surface area (Å²) in [4.78, 5) is 18.8. The van der Waals surface area contributed by atoms with Crippen molar-refractivity contribution in [2.45, 2.75) is 25.8 Å². The Morgan fingerprint density at radius 2 is 1.91 bits per heavy atom. The lowest BCUT2D eigenvalue weighted by Gasteiger charge is -2.28. The van der Waals surface area contributed by atoms with Gasteiger partial charge in [0.1, 0.15) is 11.6 Å². The zero-order chi connectivity index (χ0) is 23.4. The van der Waals surface area contributed by atoms with Crippen LogP contribution in [0, 0.1) is 12.7 Å². The van der Waals surface area contributed by atoms with Gasteiger partial charge in [0.2, 0.25) is 0 Å². The Morgan fingerprint density at radius 3 is 2.61 bits per heavy atom. The number of rotatable bonds is 6. The van der Waals surface area contributed by atoms with Crippen LogP contribution in [0.15, 0.2) is 65.7 Å². The first-order valence-electron chi connectivity index (χ1n) is 11.0. The molecule has 2 heterocycles. The summed E-state index contributed by atoms with van der Waals surface area (Å²) in [6, 6.07) is 12.0. The van der Waals surface area contributed by atoms with E-state index >= 15 is 0 Å². The Bertz CT molecular complexity index is 1170. The number of nitrogens with one attached hydrogen (secondary N) is 1. The van der Waals surface area contributed by atoms with Crippen LogP contribution in [-0.4, -0.2) is 47.4 Å². The van der Waals surface area contributed by atoms with Crippen LogP contribution in [0.2, 0.25) is 0 Å². The van der Waals surface area contributed by atoms with Gasteiger partial charge in [-0.05, 0) is 99.7 Å². The number of aliphatic imine (C=N–C) groups is 1. The molecule has 1 saturated heterocycles. The van der Waals surface area contributed by atoms with Crippen molar-refractivity contribution >= 4 is 18.7 Å². The lowest BCUT2D eigenvalue weighted by molar-refractivity contribution is 0.0966. The fourth-order valence-electron chi connectivity index (χ4n) is 3.98. The summed E-state index contributed by atoms with van der Waals surface area (Å²) in [6.45, 7) is 7.75. The largest absolute Gasteiger partial charge is 0.307 e. The number of carbonyl (C=O) groups is 1. The summed E-state index contributed by atoms with van der Waals surface area (Å²) >= 11 is 0. The van der Waals surface area contributed by atoms with Crippen LogP contribution in [0.1, 0.15) is 40.4 Å². The van der Waals surface area contributed by atoms with Gasteiger partial charge in [-0.1, -0.05) is 12.1 Å². The monoisotopic (exact) mass is 445 g/mol. The number of aromatic nitrogens is 2. The molecule has 1 amide bonds. The van der Waals surface area contributed by atoms with E-state index in [4.69, 9.17) is 0 Å². The Hall–Kier alpha value is -3.58. The van der Waals surface area contributed by atoms with Crippen molar-refractivity contribution in [2.75, 3.05) is 20.1 Å². The molecular weight excluding hydrogens is 417 g/mol. The van der Waals surface area contributed by atoms with Gasteiger partial charge in [-0.3, -0.25) is 9.48 Å². The van der Waals surface area contributed by atoms with Crippen molar-refractivity contribution in [1.29, 1.82) is 0 Å². The normalized spacial score (nSPS) is 15.4. The lowest BCUT2D eigenvalue weighted by Crippen LogP contribution is -2.31. The van der Waals surface area contributed by atoms with E-state index in [-0.39, 0.29) is 5.91 Å². The van der Waals surface area contributed by atoms with Crippen molar-refractivity contribution in [3.63, 3.8) is 0 Å². The van der Waals surface area contributed by atoms with Gasteiger partial charge in [0.05, 0.1) is 12.2 Å². The van der Waals surface area contributed by atoms with Gasteiger partial charge in [-0.2, -0.15) is 5.10 Å². The number of likely N-dealkylation sites (tertiary alicyclic amines) is 1. The molecule has 6 nitrogen and oxygen atoms in total. The maximum Gasteiger partial charge on any atom is 0.256 e. The lowest BCUT2D eigenvalue weighted by atomic mass is 10.0. The number of nitrogens with zero attached hydrogens (tertiary/aromatic N) is 4. The molecule has 1 aliphatic rings. The van der Waals surface area contributed by atoms with E-state index in [1.165, 1.54) is 24.3 Å². The smallest absolute Gasteiger partial charge is 0.256 e. The van der Waals surface area contributed by atoms with Gasteiger partial charge in [-0.25, -0.2) is 9.38 Å². The summed E-state index contributed by atoms with van der Waals surface area (Å²) < 4.78 is 15.2. The van der Waals surface area contributed by atoms with E-state index in [0.717, 1.165) is 48.2 Å². The maximum atomic E-state index is 13.1. The molecular formula is C26H28FN5O. The Kier molecular flexibility index (Phi) is 6.79. The molecule has 1 N–H and O–H groups in total. The second-order valence-electron chi connectivity index (χ2n) is 8.46. The van der Waals surface area contributed by atoms with E-state index in [2.05, 4.69) is 57.1 Å². The molecule has 1 fully saturated rings. The Morgan fingerprint density at radius 1 is 1.18 bits per heavy atom. The second kappa shape index (κ2) is 9.92. The van der Waals surface area contributed by atoms with E-state index in [9.17, 15) is 9.18 Å². The van der Waals surface area contributed by atoms with Crippen molar-refractivity contribution in [2.24, 2.45) is 4.99 Å². The van der Waals surface area contributed by atoms with Crippen molar-refractivity contribution in [3.8, 4) is 11.1 Å². The van der Waals surface area contributed by atoms with Crippen molar-refractivity contribution in [3.05, 3.63) is 83.2 Å². The molecule has 1 aliphatic heterocycles. The SMILES string of the molecule is C=N/C(=C\c1cc(-c2cnn(C3CCN(C)CC3)c2)ccc1C)NC(=O)c1ccc(F)cc1. The predicted octanol–water partition coefficient (Wildman–Crippen LogP) is 4.69. The molecule has 33 heavy (non-hydrogen) atoms. The third-order valence-corrected chi connectivity index (χ3v) is 6.09. The van der Waals surface area contributed by atoms with Crippen LogP contribution in [0.4, 0.5) is 4.39 Å². The highest BCUT2D eigenvalue weighted by Crippen LogP contribution is 2.27. The van der Waals surface area contributed by atoms with E-state index < -0.39 is 5.82 Å². The highest BCUT2D eigenvalue weighted by molar-refractivity contribution is 5.95. The highest BCUT2D eigenvalue weighted by Gasteiger charge is 2.19. The van der Waals surface area contributed by atoms with Gasteiger partial charge in [0, 0.05) is 17.3 Å². The molecule has 0 spiro atoms. The minimum absolute atomic E-state index is 0.326. The third kappa shape index (κ3) is 5.43. The van der Waals surface area contributed by atoms with Gasteiger partial charge in [0.25, 0.3) is 5.91 Å². The summed E-state index contributed by atoms with van der Waals surface area (Å²) in [5.41, 5.74) is 4.39.